The maximum atomic E-state index is 11.8. The van der Waals surface area contributed by atoms with Crippen LogP contribution in [0.2, 0.25) is 0 Å². The Balaban J connectivity index is 1.97. The van der Waals surface area contributed by atoms with Crippen molar-refractivity contribution < 1.29 is 14.7 Å². The minimum absolute atomic E-state index is 0.366. The predicted octanol–water partition coefficient (Wildman–Crippen LogP) is 1.24. The van der Waals surface area contributed by atoms with Crippen LogP contribution in [0.3, 0.4) is 0 Å². The van der Waals surface area contributed by atoms with E-state index in [2.05, 4.69) is 20.6 Å². The molecule has 2 rings (SSSR count). The molecule has 1 aromatic heterocycles. The lowest BCUT2D eigenvalue weighted by atomic mass is 9.85. The highest BCUT2D eigenvalue weighted by atomic mass is 16.4. The zero-order valence-electron chi connectivity index (χ0n) is 10.6. The summed E-state index contributed by atoms with van der Waals surface area (Å²) >= 11 is 0. The first kappa shape index (κ1) is 13.3. The molecular formula is C12H16N4O3. The van der Waals surface area contributed by atoms with E-state index >= 15 is 0 Å². The number of nitrogens with one attached hydrogen (secondary N) is 2. The number of hydrogen-bond donors (Lipinski definition) is 3. The predicted molar refractivity (Wildman–Crippen MR) is 67.6 cm³/mol. The number of nitrogens with zero attached hydrogens (tertiary/aromatic N) is 2. The minimum atomic E-state index is -0.898. The largest absolute Gasteiger partial charge is 0.481 e. The van der Waals surface area contributed by atoms with Gasteiger partial charge >= 0.3 is 12.0 Å². The number of aliphatic carboxylic acids is 1. The Kier molecular flexibility index (Phi) is 3.64. The van der Waals surface area contributed by atoms with Gasteiger partial charge in [-0.15, -0.1) is 0 Å². The first-order valence-electron chi connectivity index (χ1n) is 6.08. The third-order valence-corrected chi connectivity index (χ3v) is 3.57. The van der Waals surface area contributed by atoms with Crippen LogP contribution in [-0.4, -0.2) is 33.1 Å². The van der Waals surface area contributed by atoms with Gasteiger partial charge in [-0.2, -0.15) is 0 Å². The van der Waals surface area contributed by atoms with E-state index in [4.69, 9.17) is 0 Å². The summed E-state index contributed by atoms with van der Waals surface area (Å²) in [5.41, 5.74) is -0.431. The molecule has 1 saturated carbocycles. The van der Waals surface area contributed by atoms with Crippen molar-refractivity contribution in [2.75, 3.05) is 5.32 Å². The van der Waals surface area contributed by atoms with Gasteiger partial charge in [-0.3, -0.25) is 4.79 Å². The summed E-state index contributed by atoms with van der Waals surface area (Å²) in [6.07, 6.45) is 6.34. The van der Waals surface area contributed by atoms with E-state index < -0.39 is 17.4 Å². The average Bonchev–Trinajstić information content (AvgIpc) is 2.73. The average molecular weight is 264 g/mol. The van der Waals surface area contributed by atoms with Gasteiger partial charge in [0, 0.05) is 6.04 Å². The quantitative estimate of drug-likeness (QED) is 0.762. The van der Waals surface area contributed by atoms with Crippen molar-refractivity contribution in [3.8, 4) is 0 Å². The lowest BCUT2D eigenvalue weighted by Gasteiger charge is -2.27. The Morgan fingerprint density at radius 1 is 1.42 bits per heavy atom. The topological polar surface area (TPSA) is 104 Å². The van der Waals surface area contributed by atoms with E-state index in [1.807, 2.05) is 0 Å². The van der Waals surface area contributed by atoms with Crippen molar-refractivity contribution in [1.82, 2.24) is 15.3 Å². The van der Waals surface area contributed by atoms with Gasteiger partial charge in [0.2, 0.25) is 0 Å². The molecule has 7 heteroatoms. The zero-order chi connectivity index (χ0) is 13.9. The molecule has 0 aliphatic heterocycles. The fourth-order valence-corrected chi connectivity index (χ4v) is 2.34. The Morgan fingerprint density at radius 2 is 2.11 bits per heavy atom. The Hall–Kier alpha value is -2.18. The van der Waals surface area contributed by atoms with E-state index in [1.165, 1.54) is 18.7 Å². The molecule has 1 aliphatic carbocycles. The molecule has 102 valence electrons. The van der Waals surface area contributed by atoms with Crippen molar-refractivity contribution in [1.29, 1.82) is 0 Å². The number of anilines is 1. The van der Waals surface area contributed by atoms with Gasteiger partial charge in [-0.25, -0.2) is 14.8 Å². The molecule has 0 spiro atoms. The second kappa shape index (κ2) is 5.21. The molecule has 0 aromatic carbocycles. The van der Waals surface area contributed by atoms with Gasteiger partial charge in [-0.1, -0.05) is 6.42 Å². The molecule has 1 heterocycles. The molecule has 3 N–H and O–H groups in total. The highest BCUT2D eigenvalue weighted by Crippen LogP contribution is 2.38. The Bertz CT molecular complexity index is 479. The lowest BCUT2D eigenvalue weighted by Crippen LogP contribution is -2.48. The maximum absolute atomic E-state index is 11.8. The molecule has 0 radical (unpaired) electrons. The van der Waals surface area contributed by atoms with E-state index in [1.54, 1.807) is 6.92 Å². The van der Waals surface area contributed by atoms with E-state index in [-0.39, 0.29) is 6.04 Å². The van der Waals surface area contributed by atoms with Crippen LogP contribution in [0.4, 0.5) is 10.5 Å². The molecular weight excluding hydrogens is 248 g/mol. The molecule has 2 atom stereocenters. The van der Waals surface area contributed by atoms with Gasteiger partial charge in [-0.05, 0) is 19.8 Å². The highest BCUT2D eigenvalue weighted by molar-refractivity contribution is 5.89. The van der Waals surface area contributed by atoms with Crippen LogP contribution in [0, 0.1) is 5.41 Å². The number of carbonyl (C=O) groups is 2. The van der Waals surface area contributed by atoms with E-state index in [0.717, 1.165) is 6.42 Å². The van der Waals surface area contributed by atoms with Crippen LogP contribution in [0.25, 0.3) is 0 Å². The van der Waals surface area contributed by atoms with Crippen molar-refractivity contribution in [3.05, 3.63) is 18.7 Å². The maximum Gasteiger partial charge on any atom is 0.319 e. The third kappa shape index (κ3) is 2.81. The zero-order valence-corrected chi connectivity index (χ0v) is 10.6. The van der Waals surface area contributed by atoms with Crippen LogP contribution >= 0.6 is 0 Å². The van der Waals surface area contributed by atoms with E-state index in [9.17, 15) is 14.7 Å². The number of carboxylic acids is 1. The van der Waals surface area contributed by atoms with Gasteiger partial charge in [0.15, 0.2) is 0 Å². The van der Waals surface area contributed by atoms with Crippen LogP contribution in [-0.2, 0) is 4.79 Å². The van der Waals surface area contributed by atoms with E-state index in [0.29, 0.717) is 18.5 Å². The van der Waals surface area contributed by atoms with Crippen LogP contribution in [0.5, 0.6) is 0 Å². The first-order valence-corrected chi connectivity index (χ1v) is 6.08. The second-order valence-corrected chi connectivity index (χ2v) is 4.89. The lowest BCUT2D eigenvalue weighted by molar-refractivity contribution is -0.148. The summed E-state index contributed by atoms with van der Waals surface area (Å²) in [4.78, 5) is 30.6. The van der Waals surface area contributed by atoms with Crippen LogP contribution in [0.1, 0.15) is 26.2 Å². The number of aromatic nitrogens is 2. The molecule has 0 bridgehead atoms. The van der Waals surface area contributed by atoms with Gasteiger partial charge in [0.25, 0.3) is 0 Å². The highest BCUT2D eigenvalue weighted by Gasteiger charge is 2.45. The van der Waals surface area contributed by atoms with Crippen LogP contribution in [0.15, 0.2) is 18.7 Å². The number of carboxylic acid groups (broad SMARTS) is 1. The fraction of sp³-hybridized carbons (Fsp3) is 0.500. The molecule has 1 fully saturated rings. The minimum Gasteiger partial charge on any atom is -0.481 e. The summed E-state index contributed by atoms with van der Waals surface area (Å²) in [5.74, 6) is -0.877. The van der Waals surface area contributed by atoms with Gasteiger partial charge in [0.1, 0.15) is 6.33 Å². The summed E-state index contributed by atoms with van der Waals surface area (Å²) in [7, 11) is 0. The monoisotopic (exact) mass is 264 g/mol. The van der Waals surface area contributed by atoms with Crippen molar-refractivity contribution in [2.45, 2.75) is 32.2 Å². The summed E-state index contributed by atoms with van der Waals surface area (Å²) < 4.78 is 0. The molecule has 7 nitrogen and oxygen atoms in total. The third-order valence-electron chi connectivity index (χ3n) is 3.57. The Morgan fingerprint density at radius 3 is 2.74 bits per heavy atom. The number of hydrogen-bond acceptors (Lipinski definition) is 4. The summed E-state index contributed by atoms with van der Waals surface area (Å²) in [6, 6.07) is -0.802. The molecule has 1 aliphatic rings. The molecule has 2 amide bonds. The van der Waals surface area contributed by atoms with Gasteiger partial charge in [0.05, 0.1) is 23.5 Å². The fourth-order valence-electron chi connectivity index (χ4n) is 2.34. The summed E-state index contributed by atoms with van der Waals surface area (Å²) in [5, 5.41) is 14.5. The smallest absolute Gasteiger partial charge is 0.319 e. The molecule has 2 unspecified atom stereocenters. The van der Waals surface area contributed by atoms with Crippen LogP contribution < -0.4 is 10.6 Å². The SMILES string of the molecule is CC1(C(=O)O)CCCC1NC(=O)Nc1cncnc1. The first-order chi connectivity index (χ1) is 9.02. The molecule has 1 aromatic rings. The summed E-state index contributed by atoms with van der Waals surface area (Å²) in [6.45, 7) is 1.67. The number of rotatable bonds is 3. The normalized spacial score (nSPS) is 25.8. The van der Waals surface area contributed by atoms with Crippen molar-refractivity contribution in [2.24, 2.45) is 5.41 Å². The van der Waals surface area contributed by atoms with Gasteiger partial charge < -0.3 is 15.7 Å². The number of amides is 2. The van der Waals surface area contributed by atoms with Crippen molar-refractivity contribution >= 4 is 17.7 Å². The Labute approximate surface area is 110 Å². The molecule has 0 saturated heterocycles. The van der Waals surface area contributed by atoms with Crippen molar-refractivity contribution in [3.63, 3.8) is 0 Å². The number of carbonyl (C=O) groups excluding carboxylic acids is 1. The molecule has 19 heavy (non-hydrogen) atoms. The number of urea groups is 1. The second-order valence-electron chi connectivity index (χ2n) is 4.89. The standard InChI is InChI=1S/C12H16N4O3/c1-12(10(17)18)4-2-3-9(12)16-11(19)15-8-5-13-7-14-6-8/h5-7,9H,2-4H2,1H3,(H,17,18)(H2,15,16,19).